The predicted octanol–water partition coefficient (Wildman–Crippen LogP) is 3.48. The van der Waals surface area contributed by atoms with E-state index in [-0.39, 0.29) is 12.5 Å². The van der Waals surface area contributed by atoms with Gasteiger partial charge in [-0.3, -0.25) is 4.79 Å². The second-order valence-electron chi connectivity index (χ2n) is 5.09. The second-order valence-corrected chi connectivity index (χ2v) is 5.09. The molecule has 108 valence electrons. The molecule has 1 unspecified atom stereocenters. The lowest BCUT2D eigenvalue weighted by Crippen LogP contribution is -2.36. The zero-order valence-electron chi connectivity index (χ0n) is 12.7. The number of unbranched alkanes of at least 4 members (excludes halogenated alkanes) is 1. The van der Waals surface area contributed by atoms with Crippen LogP contribution in [0.4, 0.5) is 0 Å². The van der Waals surface area contributed by atoms with Crippen molar-refractivity contribution >= 4 is 5.91 Å². The van der Waals surface area contributed by atoms with E-state index in [1.54, 1.807) is 0 Å². The van der Waals surface area contributed by atoms with Crippen LogP contribution in [-0.2, 0) is 9.53 Å². The highest BCUT2D eigenvalue weighted by molar-refractivity contribution is 5.77. The topological polar surface area (TPSA) is 29.5 Å². The number of carbonyl (C=O) groups is 1. The summed E-state index contributed by atoms with van der Waals surface area (Å²) in [5.74, 6) is 0.842. The van der Waals surface area contributed by atoms with Crippen molar-refractivity contribution in [3.05, 3.63) is 0 Å². The first-order valence-electron chi connectivity index (χ1n) is 7.51. The van der Waals surface area contributed by atoms with Gasteiger partial charge in [-0.2, -0.15) is 0 Å². The molecule has 0 aliphatic rings. The van der Waals surface area contributed by atoms with Crippen LogP contribution in [0, 0.1) is 5.92 Å². The van der Waals surface area contributed by atoms with Crippen LogP contribution >= 0.6 is 0 Å². The first-order valence-corrected chi connectivity index (χ1v) is 7.51. The van der Waals surface area contributed by atoms with Gasteiger partial charge in [0.1, 0.15) is 6.61 Å². The Morgan fingerprint density at radius 1 is 1.17 bits per heavy atom. The number of hydrogen-bond donors (Lipinski definition) is 0. The Balaban J connectivity index is 3.94. The third kappa shape index (κ3) is 8.51. The molecule has 18 heavy (non-hydrogen) atoms. The molecule has 0 aliphatic heterocycles. The van der Waals surface area contributed by atoms with E-state index >= 15 is 0 Å². The third-order valence-electron chi connectivity index (χ3n) is 3.30. The minimum atomic E-state index is 0.149. The summed E-state index contributed by atoms with van der Waals surface area (Å²) in [6, 6.07) is 0. The number of nitrogens with zero attached hydrogens (tertiary/aromatic N) is 1. The Morgan fingerprint density at radius 3 is 2.44 bits per heavy atom. The van der Waals surface area contributed by atoms with Crippen LogP contribution in [-0.4, -0.2) is 37.1 Å². The van der Waals surface area contributed by atoms with Crippen molar-refractivity contribution in [1.29, 1.82) is 0 Å². The van der Waals surface area contributed by atoms with Crippen LogP contribution in [0.5, 0.6) is 0 Å². The highest BCUT2D eigenvalue weighted by Gasteiger charge is 2.13. The molecular formula is C15H31NO2. The minimum Gasteiger partial charge on any atom is -0.372 e. The lowest BCUT2D eigenvalue weighted by molar-refractivity contribution is -0.136. The Hall–Kier alpha value is -0.570. The van der Waals surface area contributed by atoms with Crippen LogP contribution in [0.2, 0.25) is 0 Å². The summed E-state index contributed by atoms with van der Waals surface area (Å²) >= 11 is 0. The van der Waals surface area contributed by atoms with Crippen molar-refractivity contribution < 1.29 is 9.53 Å². The maximum absolute atomic E-state index is 12.0. The standard InChI is InChI=1S/C15H31NO2/c1-5-8-12-18-13-15(17)16(10-6-2)11-9-14(4)7-3/h14H,5-13H2,1-4H3. The molecule has 0 saturated carbocycles. The number of ether oxygens (including phenoxy) is 1. The molecular weight excluding hydrogens is 226 g/mol. The van der Waals surface area contributed by atoms with Gasteiger partial charge in [0.2, 0.25) is 5.91 Å². The fourth-order valence-corrected chi connectivity index (χ4v) is 1.71. The first-order chi connectivity index (χ1) is 8.65. The van der Waals surface area contributed by atoms with Crippen molar-refractivity contribution in [2.24, 2.45) is 5.92 Å². The SMILES string of the molecule is CCCCOCC(=O)N(CCC)CCC(C)CC. The fourth-order valence-electron chi connectivity index (χ4n) is 1.71. The van der Waals surface area contributed by atoms with Crippen LogP contribution in [0.3, 0.4) is 0 Å². The summed E-state index contributed by atoms with van der Waals surface area (Å²) in [6.07, 6.45) is 5.44. The van der Waals surface area contributed by atoms with E-state index in [2.05, 4.69) is 27.7 Å². The van der Waals surface area contributed by atoms with Crippen molar-refractivity contribution in [3.8, 4) is 0 Å². The van der Waals surface area contributed by atoms with E-state index in [1.807, 2.05) is 4.90 Å². The Labute approximate surface area is 113 Å². The van der Waals surface area contributed by atoms with Crippen molar-refractivity contribution in [2.45, 2.75) is 59.8 Å². The van der Waals surface area contributed by atoms with Crippen molar-refractivity contribution in [2.75, 3.05) is 26.3 Å². The number of carbonyl (C=O) groups excluding carboxylic acids is 1. The van der Waals surface area contributed by atoms with Gasteiger partial charge in [0, 0.05) is 19.7 Å². The van der Waals surface area contributed by atoms with Gasteiger partial charge in [-0.05, 0) is 25.2 Å². The van der Waals surface area contributed by atoms with Crippen LogP contribution in [0.1, 0.15) is 59.8 Å². The van der Waals surface area contributed by atoms with E-state index in [9.17, 15) is 4.79 Å². The number of rotatable bonds is 11. The lowest BCUT2D eigenvalue weighted by Gasteiger charge is -2.23. The van der Waals surface area contributed by atoms with E-state index in [1.165, 1.54) is 6.42 Å². The molecule has 0 bridgehead atoms. The third-order valence-corrected chi connectivity index (χ3v) is 3.30. The minimum absolute atomic E-state index is 0.149. The van der Waals surface area contributed by atoms with E-state index in [0.29, 0.717) is 12.5 Å². The molecule has 0 aromatic heterocycles. The van der Waals surface area contributed by atoms with Gasteiger partial charge in [-0.25, -0.2) is 0 Å². The molecule has 1 amide bonds. The summed E-state index contributed by atoms with van der Waals surface area (Å²) in [6.45, 7) is 11.4. The monoisotopic (exact) mass is 257 g/mol. The van der Waals surface area contributed by atoms with Gasteiger partial charge in [-0.15, -0.1) is 0 Å². The molecule has 3 nitrogen and oxygen atoms in total. The molecule has 0 aromatic rings. The molecule has 0 aromatic carbocycles. The van der Waals surface area contributed by atoms with Gasteiger partial charge in [-0.1, -0.05) is 40.5 Å². The highest BCUT2D eigenvalue weighted by atomic mass is 16.5. The maximum atomic E-state index is 12.0. The normalized spacial score (nSPS) is 12.4. The van der Waals surface area contributed by atoms with Gasteiger partial charge < -0.3 is 9.64 Å². The maximum Gasteiger partial charge on any atom is 0.248 e. The van der Waals surface area contributed by atoms with E-state index in [0.717, 1.165) is 38.8 Å². The lowest BCUT2D eigenvalue weighted by atomic mass is 10.1. The molecule has 0 saturated heterocycles. The Morgan fingerprint density at radius 2 is 1.89 bits per heavy atom. The van der Waals surface area contributed by atoms with Gasteiger partial charge >= 0.3 is 0 Å². The second kappa shape index (κ2) is 11.5. The molecule has 0 rings (SSSR count). The Kier molecular flexibility index (Phi) is 11.2. The molecule has 1 atom stereocenters. The van der Waals surface area contributed by atoms with E-state index in [4.69, 9.17) is 4.74 Å². The predicted molar refractivity (Wildman–Crippen MR) is 76.7 cm³/mol. The van der Waals surface area contributed by atoms with Crippen molar-refractivity contribution in [1.82, 2.24) is 4.90 Å². The smallest absolute Gasteiger partial charge is 0.248 e. The molecule has 3 heteroatoms. The molecule has 0 heterocycles. The van der Waals surface area contributed by atoms with E-state index < -0.39 is 0 Å². The molecule has 0 fully saturated rings. The summed E-state index contributed by atoms with van der Waals surface area (Å²) in [5.41, 5.74) is 0. The van der Waals surface area contributed by atoms with Crippen molar-refractivity contribution in [3.63, 3.8) is 0 Å². The first kappa shape index (κ1) is 17.4. The zero-order valence-corrected chi connectivity index (χ0v) is 12.7. The highest BCUT2D eigenvalue weighted by Crippen LogP contribution is 2.08. The van der Waals surface area contributed by atoms with Gasteiger partial charge in [0.15, 0.2) is 0 Å². The Bertz CT molecular complexity index is 207. The average molecular weight is 257 g/mol. The molecule has 0 N–H and O–H groups in total. The quantitative estimate of drug-likeness (QED) is 0.530. The number of amides is 1. The summed E-state index contributed by atoms with van der Waals surface area (Å²) in [5, 5.41) is 0. The van der Waals surface area contributed by atoms with Gasteiger partial charge in [0.05, 0.1) is 0 Å². The largest absolute Gasteiger partial charge is 0.372 e. The number of hydrogen-bond acceptors (Lipinski definition) is 2. The summed E-state index contributed by atoms with van der Waals surface area (Å²) < 4.78 is 5.41. The van der Waals surface area contributed by atoms with Crippen LogP contribution in [0.15, 0.2) is 0 Å². The van der Waals surface area contributed by atoms with Crippen LogP contribution in [0.25, 0.3) is 0 Å². The molecule has 0 radical (unpaired) electrons. The summed E-state index contributed by atoms with van der Waals surface area (Å²) in [4.78, 5) is 14.0. The molecule has 0 aliphatic carbocycles. The fraction of sp³-hybridized carbons (Fsp3) is 0.933. The zero-order chi connectivity index (χ0) is 13.8. The van der Waals surface area contributed by atoms with Crippen LogP contribution < -0.4 is 0 Å². The average Bonchev–Trinajstić information content (AvgIpc) is 2.38. The van der Waals surface area contributed by atoms with Gasteiger partial charge in [0.25, 0.3) is 0 Å². The molecule has 0 spiro atoms. The summed E-state index contributed by atoms with van der Waals surface area (Å²) in [7, 11) is 0.